The Morgan fingerprint density at radius 3 is 2.83 bits per heavy atom. The van der Waals surface area contributed by atoms with Crippen LogP contribution in [0.2, 0.25) is 5.02 Å². The molecule has 1 N–H and O–H groups in total. The van der Waals surface area contributed by atoms with Gasteiger partial charge in [-0.05, 0) is 25.1 Å². The Bertz CT molecular complexity index is 554. The SMILES string of the molecule is CC(Nc1cc(Cl)ccc1[N+](=O)[O-])c1ccoc1. The molecular weight excluding hydrogens is 256 g/mol. The van der Waals surface area contributed by atoms with E-state index in [1.54, 1.807) is 18.6 Å². The topological polar surface area (TPSA) is 68.3 Å². The van der Waals surface area contributed by atoms with E-state index >= 15 is 0 Å². The molecule has 1 unspecified atom stereocenters. The third kappa shape index (κ3) is 2.62. The quantitative estimate of drug-likeness (QED) is 0.670. The molecule has 0 radical (unpaired) electrons. The van der Waals surface area contributed by atoms with Gasteiger partial charge in [0.15, 0.2) is 0 Å². The molecule has 0 aliphatic heterocycles. The van der Waals surface area contributed by atoms with E-state index in [0.717, 1.165) is 5.56 Å². The first-order valence-electron chi connectivity index (χ1n) is 5.30. The van der Waals surface area contributed by atoms with Crippen molar-refractivity contribution in [2.75, 3.05) is 5.32 Å². The van der Waals surface area contributed by atoms with Crippen LogP contribution in [0.1, 0.15) is 18.5 Å². The van der Waals surface area contributed by atoms with Gasteiger partial charge in [-0.25, -0.2) is 0 Å². The second-order valence-corrected chi connectivity index (χ2v) is 4.28. The molecule has 1 heterocycles. The Morgan fingerprint density at radius 2 is 2.22 bits per heavy atom. The van der Waals surface area contributed by atoms with Crippen LogP contribution in [0, 0.1) is 10.1 Å². The molecule has 2 rings (SSSR count). The minimum absolute atomic E-state index is 0.00487. The van der Waals surface area contributed by atoms with Crippen LogP contribution >= 0.6 is 11.6 Å². The third-order valence-corrected chi connectivity index (χ3v) is 2.81. The molecular formula is C12H11ClN2O3. The first-order valence-corrected chi connectivity index (χ1v) is 5.68. The van der Waals surface area contributed by atoms with Crippen LogP contribution in [-0.4, -0.2) is 4.92 Å². The van der Waals surface area contributed by atoms with E-state index in [2.05, 4.69) is 5.32 Å². The monoisotopic (exact) mass is 266 g/mol. The summed E-state index contributed by atoms with van der Waals surface area (Å²) >= 11 is 5.85. The van der Waals surface area contributed by atoms with Gasteiger partial charge >= 0.3 is 0 Å². The molecule has 1 aromatic heterocycles. The molecule has 0 bridgehead atoms. The Labute approximate surface area is 109 Å². The van der Waals surface area contributed by atoms with Gasteiger partial charge in [0.1, 0.15) is 5.69 Å². The normalized spacial score (nSPS) is 12.1. The van der Waals surface area contributed by atoms with Crippen molar-refractivity contribution in [2.24, 2.45) is 0 Å². The highest BCUT2D eigenvalue weighted by molar-refractivity contribution is 6.31. The molecule has 0 aliphatic carbocycles. The standard InChI is InChI=1S/C12H11ClN2O3/c1-8(9-4-5-18-7-9)14-11-6-10(13)2-3-12(11)15(16)17/h2-8,14H,1H3. The van der Waals surface area contributed by atoms with Gasteiger partial charge in [0.05, 0.1) is 23.5 Å². The van der Waals surface area contributed by atoms with E-state index in [1.807, 2.05) is 6.92 Å². The Morgan fingerprint density at radius 1 is 1.44 bits per heavy atom. The molecule has 0 aliphatic rings. The molecule has 1 aromatic carbocycles. The summed E-state index contributed by atoms with van der Waals surface area (Å²) < 4.78 is 4.97. The van der Waals surface area contributed by atoms with Crippen molar-refractivity contribution in [3.8, 4) is 0 Å². The fourth-order valence-corrected chi connectivity index (χ4v) is 1.79. The Hall–Kier alpha value is -2.01. The average molecular weight is 267 g/mol. The largest absolute Gasteiger partial charge is 0.472 e. The lowest BCUT2D eigenvalue weighted by atomic mass is 10.1. The van der Waals surface area contributed by atoms with Crippen molar-refractivity contribution < 1.29 is 9.34 Å². The number of nitro groups is 1. The van der Waals surface area contributed by atoms with Crippen molar-refractivity contribution in [3.05, 3.63) is 57.5 Å². The first-order chi connectivity index (χ1) is 8.58. The second kappa shape index (κ2) is 5.10. The van der Waals surface area contributed by atoms with Gasteiger partial charge in [0.2, 0.25) is 0 Å². The molecule has 18 heavy (non-hydrogen) atoms. The molecule has 94 valence electrons. The van der Waals surface area contributed by atoms with Gasteiger partial charge in [-0.15, -0.1) is 0 Å². The molecule has 2 aromatic rings. The van der Waals surface area contributed by atoms with Crippen molar-refractivity contribution in [2.45, 2.75) is 13.0 Å². The van der Waals surface area contributed by atoms with E-state index in [1.165, 1.54) is 18.2 Å². The number of halogens is 1. The van der Waals surface area contributed by atoms with Gasteiger partial charge in [-0.3, -0.25) is 10.1 Å². The van der Waals surface area contributed by atoms with Gasteiger partial charge in [0, 0.05) is 16.7 Å². The van der Waals surface area contributed by atoms with Gasteiger partial charge in [-0.1, -0.05) is 11.6 Å². The fraction of sp³-hybridized carbons (Fsp3) is 0.167. The number of nitrogens with one attached hydrogen (secondary N) is 1. The van der Waals surface area contributed by atoms with Crippen molar-refractivity contribution >= 4 is 23.0 Å². The van der Waals surface area contributed by atoms with Crippen LogP contribution in [0.3, 0.4) is 0 Å². The minimum atomic E-state index is -0.444. The summed E-state index contributed by atoms with van der Waals surface area (Å²) in [5.74, 6) is 0. The number of rotatable bonds is 4. The minimum Gasteiger partial charge on any atom is -0.472 e. The summed E-state index contributed by atoms with van der Waals surface area (Å²) in [6.07, 6.45) is 3.15. The lowest BCUT2D eigenvalue weighted by molar-refractivity contribution is -0.384. The maximum Gasteiger partial charge on any atom is 0.292 e. The highest BCUT2D eigenvalue weighted by Crippen LogP contribution is 2.30. The third-order valence-electron chi connectivity index (χ3n) is 2.57. The van der Waals surface area contributed by atoms with E-state index < -0.39 is 4.92 Å². The molecule has 5 nitrogen and oxygen atoms in total. The zero-order chi connectivity index (χ0) is 13.1. The highest BCUT2D eigenvalue weighted by Gasteiger charge is 2.16. The van der Waals surface area contributed by atoms with E-state index in [-0.39, 0.29) is 11.7 Å². The number of furan rings is 1. The summed E-state index contributed by atoms with van der Waals surface area (Å²) in [7, 11) is 0. The molecule has 0 spiro atoms. The van der Waals surface area contributed by atoms with Crippen LogP contribution in [0.5, 0.6) is 0 Å². The zero-order valence-corrected chi connectivity index (χ0v) is 10.3. The van der Waals surface area contributed by atoms with E-state index in [9.17, 15) is 10.1 Å². The Balaban J connectivity index is 2.28. The van der Waals surface area contributed by atoms with Crippen LogP contribution in [0.4, 0.5) is 11.4 Å². The molecule has 1 atom stereocenters. The van der Waals surface area contributed by atoms with Gasteiger partial charge in [0.25, 0.3) is 5.69 Å². The number of benzene rings is 1. The fourth-order valence-electron chi connectivity index (χ4n) is 1.62. The summed E-state index contributed by atoms with van der Waals surface area (Å²) in [5, 5.41) is 14.4. The van der Waals surface area contributed by atoms with Crippen LogP contribution in [-0.2, 0) is 0 Å². The first kappa shape index (κ1) is 12.4. The highest BCUT2D eigenvalue weighted by atomic mass is 35.5. The summed E-state index contributed by atoms with van der Waals surface area (Å²) in [5.41, 5.74) is 1.29. The summed E-state index contributed by atoms with van der Waals surface area (Å²) in [6.45, 7) is 1.88. The van der Waals surface area contributed by atoms with Crippen molar-refractivity contribution in [3.63, 3.8) is 0 Å². The Kier molecular flexibility index (Phi) is 3.53. The molecule has 0 saturated carbocycles. The molecule has 0 saturated heterocycles. The van der Waals surface area contributed by atoms with Crippen molar-refractivity contribution in [1.29, 1.82) is 0 Å². The van der Waals surface area contributed by atoms with Crippen LogP contribution < -0.4 is 5.32 Å². The summed E-state index contributed by atoms with van der Waals surface area (Å²) in [4.78, 5) is 10.5. The number of anilines is 1. The van der Waals surface area contributed by atoms with Crippen molar-refractivity contribution in [1.82, 2.24) is 0 Å². The number of hydrogen-bond acceptors (Lipinski definition) is 4. The van der Waals surface area contributed by atoms with Gasteiger partial charge < -0.3 is 9.73 Å². The van der Waals surface area contributed by atoms with Crippen LogP contribution in [0.25, 0.3) is 0 Å². The maximum absolute atomic E-state index is 10.9. The summed E-state index contributed by atoms with van der Waals surface area (Å²) in [6, 6.07) is 6.10. The zero-order valence-electron chi connectivity index (χ0n) is 9.59. The van der Waals surface area contributed by atoms with E-state index in [4.69, 9.17) is 16.0 Å². The maximum atomic E-state index is 10.9. The smallest absolute Gasteiger partial charge is 0.292 e. The molecule has 6 heteroatoms. The second-order valence-electron chi connectivity index (χ2n) is 3.84. The molecule has 0 amide bonds. The lowest BCUT2D eigenvalue weighted by Crippen LogP contribution is -2.07. The molecule has 0 fully saturated rings. The predicted molar refractivity (Wildman–Crippen MR) is 68.9 cm³/mol. The number of nitro benzene ring substituents is 1. The average Bonchev–Trinajstić information content (AvgIpc) is 2.81. The van der Waals surface area contributed by atoms with Crippen LogP contribution in [0.15, 0.2) is 41.2 Å². The van der Waals surface area contributed by atoms with E-state index in [0.29, 0.717) is 10.7 Å². The lowest BCUT2D eigenvalue weighted by Gasteiger charge is -2.13. The van der Waals surface area contributed by atoms with Gasteiger partial charge in [-0.2, -0.15) is 0 Å². The number of nitrogens with zero attached hydrogens (tertiary/aromatic N) is 1. The number of hydrogen-bond donors (Lipinski definition) is 1. The predicted octanol–water partition coefficient (Wildman–Crippen LogP) is 4.01.